The molecule has 2 atom stereocenters. The van der Waals surface area contributed by atoms with E-state index in [0.29, 0.717) is 6.04 Å². The first-order valence-corrected chi connectivity index (χ1v) is 7.75. The van der Waals surface area contributed by atoms with Crippen molar-refractivity contribution in [3.05, 3.63) is 30.3 Å². The maximum Gasteiger partial charge on any atom is 0.241 e. The summed E-state index contributed by atoms with van der Waals surface area (Å²) in [5.74, 6) is 0.0246. The monoisotopic (exact) mass is 276 g/mol. The average molecular weight is 276 g/mol. The highest BCUT2D eigenvalue weighted by Crippen LogP contribution is 2.08. The van der Waals surface area contributed by atoms with Gasteiger partial charge in [-0.25, -0.2) is 0 Å². The number of anilines is 1. The lowest BCUT2D eigenvalue weighted by molar-refractivity contribution is -0.117. The highest BCUT2D eigenvalue weighted by atomic mass is 16.2. The molecule has 0 aliphatic carbocycles. The van der Waals surface area contributed by atoms with Gasteiger partial charge in [-0.15, -0.1) is 0 Å². The third-order valence-electron chi connectivity index (χ3n) is 3.46. The first-order valence-electron chi connectivity index (χ1n) is 7.75. The smallest absolute Gasteiger partial charge is 0.241 e. The fourth-order valence-electron chi connectivity index (χ4n) is 2.24. The molecule has 0 saturated carbocycles. The Labute approximate surface area is 123 Å². The number of unbranched alkanes of at least 4 members (excludes halogenated alkanes) is 3. The molecule has 112 valence electrons. The number of hydrogen-bond donors (Lipinski definition) is 2. The van der Waals surface area contributed by atoms with Crippen LogP contribution in [0.2, 0.25) is 0 Å². The Balaban J connectivity index is 2.27. The number of carbonyl (C=O) groups excluding carboxylic acids is 1. The van der Waals surface area contributed by atoms with Gasteiger partial charge in [0.2, 0.25) is 5.91 Å². The molecule has 1 aromatic rings. The molecule has 3 nitrogen and oxygen atoms in total. The molecule has 1 aromatic carbocycles. The number of benzene rings is 1. The number of nitrogens with one attached hydrogen (secondary N) is 2. The van der Waals surface area contributed by atoms with E-state index in [4.69, 9.17) is 0 Å². The average Bonchev–Trinajstić information content (AvgIpc) is 2.44. The minimum Gasteiger partial charge on any atom is -0.325 e. The Morgan fingerprint density at radius 3 is 2.45 bits per heavy atom. The Morgan fingerprint density at radius 2 is 1.80 bits per heavy atom. The lowest BCUT2D eigenvalue weighted by atomic mass is 10.1. The van der Waals surface area contributed by atoms with Gasteiger partial charge in [-0.3, -0.25) is 4.79 Å². The molecule has 2 N–H and O–H groups in total. The highest BCUT2D eigenvalue weighted by molar-refractivity contribution is 5.94. The molecule has 0 spiro atoms. The summed E-state index contributed by atoms with van der Waals surface area (Å²) < 4.78 is 0. The zero-order valence-electron chi connectivity index (χ0n) is 13.0. The van der Waals surface area contributed by atoms with Crippen molar-refractivity contribution in [2.75, 3.05) is 5.32 Å². The van der Waals surface area contributed by atoms with Crippen LogP contribution in [0.4, 0.5) is 5.69 Å². The van der Waals surface area contributed by atoms with E-state index in [1.54, 1.807) is 0 Å². The first-order chi connectivity index (χ1) is 9.63. The summed E-state index contributed by atoms with van der Waals surface area (Å²) in [5.41, 5.74) is 0.849. The van der Waals surface area contributed by atoms with Crippen molar-refractivity contribution in [1.29, 1.82) is 0 Å². The summed E-state index contributed by atoms with van der Waals surface area (Å²) in [5, 5.41) is 6.29. The fraction of sp³-hybridized carbons (Fsp3) is 0.588. The van der Waals surface area contributed by atoms with E-state index in [9.17, 15) is 4.79 Å². The van der Waals surface area contributed by atoms with Crippen molar-refractivity contribution in [3.8, 4) is 0 Å². The van der Waals surface area contributed by atoms with E-state index in [-0.39, 0.29) is 11.9 Å². The predicted octanol–water partition coefficient (Wildman–Crippen LogP) is 3.96. The molecule has 0 saturated heterocycles. The normalized spacial score (nSPS) is 13.8. The minimum absolute atomic E-state index is 0.0246. The van der Waals surface area contributed by atoms with Crippen LogP contribution in [0.5, 0.6) is 0 Å². The second kappa shape index (κ2) is 9.54. The van der Waals surface area contributed by atoms with Crippen LogP contribution >= 0.6 is 0 Å². The molecular formula is C17H28N2O. The molecule has 0 aliphatic heterocycles. The standard InChI is InChI=1S/C17H28N2O/c1-4-5-6-8-11-14(2)18-15(3)17(20)19-16-12-9-7-10-13-16/h7,9-10,12-15,18H,4-6,8,11H2,1-3H3,(H,19,20). The summed E-state index contributed by atoms with van der Waals surface area (Å²) in [6, 6.07) is 9.79. The first kappa shape index (κ1) is 16.7. The lowest BCUT2D eigenvalue weighted by Gasteiger charge is -2.19. The van der Waals surface area contributed by atoms with Gasteiger partial charge in [0.15, 0.2) is 0 Å². The largest absolute Gasteiger partial charge is 0.325 e. The van der Waals surface area contributed by atoms with E-state index < -0.39 is 0 Å². The topological polar surface area (TPSA) is 41.1 Å². The Morgan fingerprint density at radius 1 is 1.10 bits per heavy atom. The van der Waals surface area contributed by atoms with E-state index in [1.165, 1.54) is 25.7 Å². The van der Waals surface area contributed by atoms with Crippen molar-refractivity contribution in [2.45, 2.75) is 65.0 Å². The molecule has 0 aliphatic rings. The van der Waals surface area contributed by atoms with Crippen LogP contribution in [0, 0.1) is 0 Å². The van der Waals surface area contributed by atoms with Gasteiger partial charge < -0.3 is 10.6 Å². The molecule has 20 heavy (non-hydrogen) atoms. The number of carbonyl (C=O) groups is 1. The van der Waals surface area contributed by atoms with Crippen LogP contribution in [0.25, 0.3) is 0 Å². The Bertz CT molecular complexity index is 378. The Hall–Kier alpha value is -1.35. The molecule has 1 rings (SSSR count). The van der Waals surface area contributed by atoms with Gasteiger partial charge in [0, 0.05) is 11.7 Å². The molecule has 0 bridgehead atoms. The van der Waals surface area contributed by atoms with Crippen LogP contribution in [-0.2, 0) is 4.79 Å². The van der Waals surface area contributed by atoms with Crippen molar-refractivity contribution < 1.29 is 4.79 Å². The second-order valence-corrected chi connectivity index (χ2v) is 5.49. The molecule has 2 unspecified atom stereocenters. The summed E-state index contributed by atoms with van der Waals surface area (Å²) >= 11 is 0. The van der Waals surface area contributed by atoms with E-state index in [2.05, 4.69) is 24.5 Å². The van der Waals surface area contributed by atoms with Gasteiger partial charge in [-0.1, -0.05) is 50.8 Å². The fourth-order valence-corrected chi connectivity index (χ4v) is 2.24. The summed E-state index contributed by atoms with van der Waals surface area (Å²) in [7, 11) is 0. The molecule has 0 aromatic heterocycles. The molecule has 0 heterocycles. The van der Waals surface area contributed by atoms with Crippen LogP contribution in [0.15, 0.2) is 30.3 Å². The highest BCUT2D eigenvalue weighted by Gasteiger charge is 2.14. The van der Waals surface area contributed by atoms with Gasteiger partial charge in [0.05, 0.1) is 6.04 Å². The van der Waals surface area contributed by atoms with Crippen LogP contribution < -0.4 is 10.6 Å². The van der Waals surface area contributed by atoms with Crippen LogP contribution in [0.1, 0.15) is 52.9 Å². The molecule has 3 heteroatoms. The lowest BCUT2D eigenvalue weighted by Crippen LogP contribution is -2.42. The molecule has 0 fully saturated rings. The maximum atomic E-state index is 12.1. The van der Waals surface area contributed by atoms with Crippen molar-refractivity contribution in [3.63, 3.8) is 0 Å². The van der Waals surface area contributed by atoms with Crippen molar-refractivity contribution in [2.24, 2.45) is 0 Å². The van der Waals surface area contributed by atoms with Gasteiger partial charge in [0.25, 0.3) is 0 Å². The van der Waals surface area contributed by atoms with Gasteiger partial charge in [0.1, 0.15) is 0 Å². The van der Waals surface area contributed by atoms with Crippen molar-refractivity contribution in [1.82, 2.24) is 5.32 Å². The maximum absolute atomic E-state index is 12.1. The molecular weight excluding hydrogens is 248 g/mol. The number of amides is 1. The summed E-state index contributed by atoms with van der Waals surface area (Å²) in [6.45, 7) is 6.29. The zero-order chi connectivity index (χ0) is 14.8. The van der Waals surface area contributed by atoms with E-state index in [0.717, 1.165) is 12.1 Å². The van der Waals surface area contributed by atoms with Crippen LogP contribution in [0.3, 0.4) is 0 Å². The quantitative estimate of drug-likeness (QED) is 0.670. The summed E-state index contributed by atoms with van der Waals surface area (Å²) in [6.07, 6.45) is 6.21. The number of rotatable bonds is 9. The SMILES string of the molecule is CCCCCCC(C)NC(C)C(=O)Nc1ccccc1. The van der Waals surface area contributed by atoms with Crippen LogP contribution in [-0.4, -0.2) is 18.0 Å². The van der Waals surface area contributed by atoms with E-state index >= 15 is 0 Å². The molecule has 0 radical (unpaired) electrons. The third-order valence-corrected chi connectivity index (χ3v) is 3.46. The summed E-state index contributed by atoms with van der Waals surface area (Å²) in [4.78, 5) is 12.1. The number of hydrogen-bond acceptors (Lipinski definition) is 2. The Kier molecular flexibility index (Phi) is 7.97. The van der Waals surface area contributed by atoms with E-state index in [1.807, 2.05) is 37.3 Å². The predicted molar refractivity (Wildman–Crippen MR) is 85.9 cm³/mol. The van der Waals surface area contributed by atoms with Crippen molar-refractivity contribution >= 4 is 11.6 Å². The molecule has 1 amide bonds. The van der Waals surface area contributed by atoms with Gasteiger partial charge >= 0.3 is 0 Å². The zero-order valence-corrected chi connectivity index (χ0v) is 13.0. The van der Waals surface area contributed by atoms with Gasteiger partial charge in [-0.05, 0) is 32.4 Å². The van der Waals surface area contributed by atoms with Gasteiger partial charge in [-0.2, -0.15) is 0 Å². The number of para-hydroxylation sites is 1. The minimum atomic E-state index is -0.170. The second-order valence-electron chi connectivity index (χ2n) is 5.49. The third kappa shape index (κ3) is 6.71.